The number of β-amino-alcohol motifs (C(OH)–C–C–N with tert-alkyl or cyclic N) is 1. The minimum absolute atomic E-state index is 0.336. The number of aliphatic hydroxyl groups excluding tert-OH is 1. The first kappa shape index (κ1) is 17.2. The highest BCUT2D eigenvalue weighted by Crippen LogP contribution is 2.25. The van der Waals surface area contributed by atoms with Gasteiger partial charge in [0, 0.05) is 38.1 Å². The molecule has 0 unspecified atom stereocenters. The Balaban J connectivity index is 1.48. The number of nitrogens with zero attached hydrogens (tertiary/aromatic N) is 2. The van der Waals surface area contributed by atoms with Crippen LogP contribution in [-0.2, 0) is 0 Å². The number of piperazine rings is 1. The monoisotopic (exact) mass is 328 g/mol. The van der Waals surface area contributed by atoms with Crippen LogP contribution < -0.4 is 4.74 Å². The van der Waals surface area contributed by atoms with Gasteiger partial charge < -0.3 is 14.7 Å². The van der Waals surface area contributed by atoms with E-state index in [4.69, 9.17) is 4.74 Å². The molecule has 4 heteroatoms. The Labute approximate surface area is 144 Å². The van der Waals surface area contributed by atoms with Crippen molar-refractivity contribution in [1.29, 1.82) is 0 Å². The summed E-state index contributed by atoms with van der Waals surface area (Å²) in [6.45, 7) is 8.70. The molecule has 0 spiro atoms. The third-order valence-corrected chi connectivity index (χ3v) is 4.65. The van der Waals surface area contributed by atoms with Crippen LogP contribution in [0.4, 0.5) is 0 Å². The van der Waals surface area contributed by atoms with Gasteiger partial charge in [0.25, 0.3) is 0 Å². The molecule has 3 rings (SSSR count). The predicted molar refractivity (Wildman–Crippen MR) is 98.6 cm³/mol. The topological polar surface area (TPSA) is 35.9 Å². The normalized spacial score (nSPS) is 17.9. The molecule has 4 nitrogen and oxygen atoms in total. The molecule has 1 aliphatic heterocycles. The van der Waals surface area contributed by atoms with E-state index in [0.717, 1.165) is 42.7 Å². The summed E-state index contributed by atoms with van der Waals surface area (Å²) in [5, 5.41) is 12.6. The van der Waals surface area contributed by atoms with Crippen molar-refractivity contribution in [2.24, 2.45) is 0 Å². The molecule has 1 fully saturated rings. The average Bonchev–Trinajstić information content (AvgIpc) is 2.62. The van der Waals surface area contributed by atoms with Crippen LogP contribution in [-0.4, -0.2) is 66.9 Å². The highest BCUT2D eigenvalue weighted by molar-refractivity contribution is 5.88. The van der Waals surface area contributed by atoms with E-state index in [0.29, 0.717) is 13.2 Å². The van der Waals surface area contributed by atoms with E-state index in [9.17, 15) is 5.11 Å². The van der Waals surface area contributed by atoms with Crippen LogP contribution >= 0.6 is 0 Å². The average molecular weight is 328 g/mol. The van der Waals surface area contributed by atoms with Crippen LogP contribution in [0.3, 0.4) is 0 Å². The molecular formula is C20H28N2O2. The maximum Gasteiger partial charge on any atom is 0.127 e. The molecule has 0 aromatic heterocycles. The first-order valence-electron chi connectivity index (χ1n) is 8.99. The van der Waals surface area contributed by atoms with E-state index in [1.165, 1.54) is 13.0 Å². The molecule has 130 valence electrons. The lowest BCUT2D eigenvalue weighted by Gasteiger charge is -2.35. The standard InChI is InChI=1S/C20H28N2O2/c1-2-10-21-11-13-22(14-12-21)15-18(23)16-24-20-9-5-7-17-6-3-4-8-19(17)20/h3-9,18,23H,2,10-16H2,1H3/t18-/m0/s1. The number of aliphatic hydroxyl groups is 1. The van der Waals surface area contributed by atoms with E-state index in [2.05, 4.69) is 34.9 Å². The van der Waals surface area contributed by atoms with Gasteiger partial charge in [0.1, 0.15) is 18.5 Å². The molecule has 2 aromatic carbocycles. The molecule has 0 radical (unpaired) electrons. The van der Waals surface area contributed by atoms with Crippen molar-refractivity contribution >= 4 is 10.8 Å². The Hall–Kier alpha value is -1.62. The fraction of sp³-hybridized carbons (Fsp3) is 0.500. The summed E-state index contributed by atoms with van der Waals surface area (Å²) >= 11 is 0. The zero-order chi connectivity index (χ0) is 16.8. The number of hydrogen-bond acceptors (Lipinski definition) is 4. The van der Waals surface area contributed by atoms with Crippen molar-refractivity contribution < 1.29 is 9.84 Å². The Bertz CT molecular complexity index is 633. The molecular weight excluding hydrogens is 300 g/mol. The van der Waals surface area contributed by atoms with Crippen LogP contribution in [0.2, 0.25) is 0 Å². The van der Waals surface area contributed by atoms with Gasteiger partial charge in [-0.3, -0.25) is 4.90 Å². The van der Waals surface area contributed by atoms with Gasteiger partial charge in [-0.25, -0.2) is 0 Å². The molecule has 0 bridgehead atoms. The van der Waals surface area contributed by atoms with Crippen LogP contribution in [0.1, 0.15) is 13.3 Å². The van der Waals surface area contributed by atoms with Crippen LogP contribution in [0.5, 0.6) is 5.75 Å². The van der Waals surface area contributed by atoms with Gasteiger partial charge in [0.2, 0.25) is 0 Å². The highest BCUT2D eigenvalue weighted by Gasteiger charge is 2.19. The lowest BCUT2D eigenvalue weighted by atomic mass is 10.1. The summed E-state index contributed by atoms with van der Waals surface area (Å²) < 4.78 is 5.90. The summed E-state index contributed by atoms with van der Waals surface area (Å²) in [7, 11) is 0. The van der Waals surface area contributed by atoms with Gasteiger partial charge in [-0.2, -0.15) is 0 Å². The van der Waals surface area contributed by atoms with Gasteiger partial charge in [-0.05, 0) is 24.4 Å². The minimum atomic E-state index is -0.457. The van der Waals surface area contributed by atoms with E-state index in [1.807, 2.05) is 24.3 Å². The van der Waals surface area contributed by atoms with Crippen molar-refractivity contribution in [2.45, 2.75) is 19.4 Å². The third kappa shape index (κ3) is 4.47. The number of hydrogen-bond donors (Lipinski definition) is 1. The van der Waals surface area contributed by atoms with E-state index in [-0.39, 0.29) is 0 Å². The SMILES string of the molecule is CCCN1CCN(C[C@H](O)COc2cccc3ccccc23)CC1. The summed E-state index contributed by atoms with van der Waals surface area (Å²) in [6, 6.07) is 14.2. The van der Waals surface area contributed by atoms with E-state index < -0.39 is 6.10 Å². The first-order valence-corrected chi connectivity index (χ1v) is 8.99. The second-order valence-electron chi connectivity index (χ2n) is 6.58. The number of rotatable bonds is 7. The van der Waals surface area contributed by atoms with Crippen molar-refractivity contribution in [1.82, 2.24) is 9.80 Å². The lowest BCUT2D eigenvalue weighted by Crippen LogP contribution is -2.49. The fourth-order valence-corrected chi connectivity index (χ4v) is 3.37. The number of ether oxygens (including phenoxy) is 1. The number of benzene rings is 2. The fourth-order valence-electron chi connectivity index (χ4n) is 3.37. The molecule has 24 heavy (non-hydrogen) atoms. The van der Waals surface area contributed by atoms with Crippen LogP contribution in [0.25, 0.3) is 10.8 Å². The maximum absolute atomic E-state index is 10.3. The number of fused-ring (bicyclic) bond motifs is 1. The minimum Gasteiger partial charge on any atom is -0.490 e. The van der Waals surface area contributed by atoms with Gasteiger partial charge >= 0.3 is 0 Å². The zero-order valence-corrected chi connectivity index (χ0v) is 14.5. The molecule has 1 atom stereocenters. The molecule has 0 aliphatic carbocycles. The third-order valence-electron chi connectivity index (χ3n) is 4.65. The second kappa shape index (κ2) is 8.47. The Morgan fingerprint density at radius 2 is 1.71 bits per heavy atom. The van der Waals surface area contributed by atoms with E-state index >= 15 is 0 Å². The lowest BCUT2D eigenvalue weighted by molar-refractivity contribution is 0.0465. The summed E-state index contributed by atoms with van der Waals surface area (Å²) in [6.07, 6.45) is 0.753. The molecule has 1 heterocycles. The Morgan fingerprint density at radius 1 is 1.00 bits per heavy atom. The zero-order valence-electron chi connectivity index (χ0n) is 14.5. The van der Waals surface area contributed by atoms with Gasteiger partial charge in [0.05, 0.1) is 0 Å². The predicted octanol–water partition coefficient (Wildman–Crippen LogP) is 2.61. The molecule has 0 amide bonds. The van der Waals surface area contributed by atoms with Gasteiger partial charge in [0.15, 0.2) is 0 Å². The van der Waals surface area contributed by atoms with Crippen molar-refractivity contribution in [2.75, 3.05) is 45.9 Å². The quantitative estimate of drug-likeness (QED) is 0.847. The summed E-state index contributed by atoms with van der Waals surface area (Å²) in [5.41, 5.74) is 0. The molecule has 1 N–H and O–H groups in total. The van der Waals surface area contributed by atoms with Gasteiger partial charge in [-0.1, -0.05) is 43.3 Å². The second-order valence-corrected chi connectivity index (χ2v) is 6.58. The van der Waals surface area contributed by atoms with Crippen LogP contribution in [0, 0.1) is 0 Å². The highest BCUT2D eigenvalue weighted by atomic mass is 16.5. The van der Waals surface area contributed by atoms with Gasteiger partial charge in [-0.15, -0.1) is 0 Å². The Kier molecular flexibility index (Phi) is 6.07. The molecule has 1 aliphatic rings. The smallest absolute Gasteiger partial charge is 0.127 e. The maximum atomic E-state index is 10.3. The molecule has 2 aromatic rings. The largest absolute Gasteiger partial charge is 0.490 e. The van der Waals surface area contributed by atoms with Crippen molar-refractivity contribution in [3.8, 4) is 5.75 Å². The van der Waals surface area contributed by atoms with E-state index in [1.54, 1.807) is 0 Å². The first-order chi connectivity index (χ1) is 11.8. The van der Waals surface area contributed by atoms with Crippen molar-refractivity contribution in [3.05, 3.63) is 42.5 Å². The Morgan fingerprint density at radius 3 is 2.50 bits per heavy atom. The summed E-state index contributed by atoms with van der Waals surface area (Å²) in [5.74, 6) is 0.847. The molecule has 1 saturated heterocycles. The van der Waals surface area contributed by atoms with Crippen LogP contribution in [0.15, 0.2) is 42.5 Å². The molecule has 0 saturated carbocycles. The van der Waals surface area contributed by atoms with Crippen molar-refractivity contribution in [3.63, 3.8) is 0 Å². The summed E-state index contributed by atoms with van der Waals surface area (Å²) in [4.78, 5) is 4.83.